The van der Waals surface area contributed by atoms with Crippen LogP contribution in [0.5, 0.6) is 0 Å². The van der Waals surface area contributed by atoms with E-state index in [0.717, 1.165) is 24.1 Å². The van der Waals surface area contributed by atoms with E-state index in [1.165, 1.54) is 18.9 Å². The van der Waals surface area contributed by atoms with Crippen molar-refractivity contribution in [3.63, 3.8) is 0 Å². The third kappa shape index (κ3) is 3.13. The van der Waals surface area contributed by atoms with E-state index in [1.807, 2.05) is 12.1 Å². The van der Waals surface area contributed by atoms with Gasteiger partial charge in [-0.2, -0.15) is 0 Å². The molecule has 0 bridgehead atoms. The van der Waals surface area contributed by atoms with E-state index in [4.69, 9.17) is 4.42 Å². The first-order valence-corrected chi connectivity index (χ1v) is 7.87. The SMILES string of the molecule is CC(C)(C)NCC1CCCC1c1cc2cccc(F)c2o1. The van der Waals surface area contributed by atoms with E-state index in [9.17, 15) is 4.39 Å². The molecule has 1 aromatic heterocycles. The van der Waals surface area contributed by atoms with Crippen LogP contribution in [-0.4, -0.2) is 12.1 Å². The molecule has 1 saturated carbocycles. The highest BCUT2D eigenvalue weighted by Crippen LogP contribution is 2.41. The summed E-state index contributed by atoms with van der Waals surface area (Å²) in [5.74, 6) is 1.67. The molecule has 0 aliphatic heterocycles. The maximum atomic E-state index is 13.8. The molecule has 2 nitrogen and oxygen atoms in total. The number of furan rings is 1. The van der Waals surface area contributed by atoms with Crippen molar-refractivity contribution in [2.45, 2.75) is 51.5 Å². The van der Waals surface area contributed by atoms with Crippen molar-refractivity contribution >= 4 is 11.0 Å². The number of hydrogen-bond acceptors (Lipinski definition) is 2. The van der Waals surface area contributed by atoms with Gasteiger partial charge in [0.1, 0.15) is 5.76 Å². The Morgan fingerprint density at radius 2 is 2.10 bits per heavy atom. The summed E-state index contributed by atoms with van der Waals surface area (Å²) in [5.41, 5.74) is 0.537. The quantitative estimate of drug-likeness (QED) is 0.874. The highest BCUT2D eigenvalue weighted by atomic mass is 19.1. The van der Waals surface area contributed by atoms with E-state index in [1.54, 1.807) is 6.07 Å². The molecule has 1 N–H and O–H groups in total. The molecule has 0 amide bonds. The molecule has 1 aliphatic rings. The first kappa shape index (κ1) is 14.6. The smallest absolute Gasteiger partial charge is 0.169 e. The van der Waals surface area contributed by atoms with Gasteiger partial charge in [0.05, 0.1) is 0 Å². The monoisotopic (exact) mass is 289 g/mol. The van der Waals surface area contributed by atoms with E-state index in [-0.39, 0.29) is 11.4 Å². The third-order valence-corrected chi connectivity index (χ3v) is 4.43. The summed E-state index contributed by atoms with van der Waals surface area (Å²) in [6.07, 6.45) is 3.58. The second kappa shape index (κ2) is 5.45. The Labute approximate surface area is 125 Å². The molecular formula is C18H24FNO. The van der Waals surface area contributed by atoms with Gasteiger partial charge in [0.25, 0.3) is 0 Å². The zero-order chi connectivity index (χ0) is 15.0. The topological polar surface area (TPSA) is 25.2 Å². The Kier molecular flexibility index (Phi) is 3.78. The molecule has 1 aromatic carbocycles. The lowest BCUT2D eigenvalue weighted by atomic mass is 9.92. The fourth-order valence-corrected chi connectivity index (χ4v) is 3.32. The van der Waals surface area contributed by atoms with Crippen LogP contribution in [0.15, 0.2) is 28.7 Å². The van der Waals surface area contributed by atoms with Crippen molar-refractivity contribution in [3.8, 4) is 0 Å². The molecule has 114 valence electrons. The molecule has 3 rings (SSSR count). The van der Waals surface area contributed by atoms with E-state index < -0.39 is 0 Å². The van der Waals surface area contributed by atoms with Crippen molar-refractivity contribution in [2.24, 2.45) is 5.92 Å². The van der Waals surface area contributed by atoms with Gasteiger partial charge in [-0.15, -0.1) is 0 Å². The molecular weight excluding hydrogens is 265 g/mol. The van der Waals surface area contributed by atoms with Crippen LogP contribution in [0.2, 0.25) is 0 Å². The van der Waals surface area contributed by atoms with Crippen LogP contribution in [0.4, 0.5) is 4.39 Å². The number of nitrogens with one attached hydrogen (secondary N) is 1. The minimum Gasteiger partial charge on any atom is -0.458 e. The van der Waals surface area contributed by atoms with Crippen molar-refractivity contribution < 1.29 is 8.81 Å². The zero-order valence-corrected chi connectivity index (χ0v) is 13.1. The van der Waals surface area contributed by atoms with Gasteiger partial charge >= 0.3 is 0 Å². The lowest BCUT2D eigenvalue weighted by molar-refractivity contribution is 0.337. The van der Waals surface area contributed by atoms with Gasteiger partial charge < -0.3 is 9.73 Å². The summed E-state index contributed by atoms with van der Waals surface area (Å²) >= 11 is 0. The number of para-hydroxylation sites is 1. The number of benzene rings is 1. The van der Waals surface area contributed by atoms with Crippen LogP contribution in [0, 0.1) is 11.7 Å². The fourth-order valence-electron chi connectivity index (χ4n) is 3.32. The first-order valence-electron chi connectivity index (χ1n) is 7.87. The van der Waals surface area contributed by atoms with Crippen molar-refractivity contribution in [1.82, 2.24) is 5.32 Å². The molecule has 3 heteroatoms. The second-order valence-corrected chi connectivity index (χ2v) is 7.24. The zero-order valence-electron chi connectivity index (χ0n) is 13.1. The van der Waals surface area contributed by atoms with Gasteiger partial charge in [0.15, 0.2) is 11.4 Å². The lowest BCUT2D eigenvalue weighted by Crippen LogP contribution is -2.39. The molecule has 0 spiro atoms. The third-order valence-electron chi connectivity index (χ3n) is 4.43. The van der Waals surface area contributed by atoms with E-state index >= 15 is 0 Å². The average Bonchev–Trinajstić information content (AvgIpc) is 3.02. The molecule has 1 aliphatic carbocycles. The minimum atomic E-state index is -0.263. The largest absolute Gasteiger partial charge is 0.458 e. The molecule has 2 unspecified atom stereocenters. The Bertz CT molecular complexity index is 626. The predicted octanol–water partition coefficient (Wildman–Crippen LogP) is 4.84. The number of halogens is 1. The van der Waals surface area contributed by atoms with Crippen molar-refractivity contribution in [2.75, 3.05) is 6.54 Å². The van der Waals surface area contributed by atoms with Gasteiger partial charge in [0, 0.05) is 16.8 Å². The van der Waals surface area contributed by atoms with Crippen molar-refractivity contribution in [3.05, 3.63) is 35.8 Å². The van der Waals surface area contributed by atoms with Gasteiger partial charge in [-0.1, -0.05) is 18.6 Å². The minimum absolute atomic E-state index is 0.132. The Balaban J connectivity index is 1.82. The summed E-state index contributed by atoms with van der Waals surface area (Å²) in [6.45, 7) is 7.56. The normalized spacial score (nSPS) is 23.0. The van der Waals surface area contributed by atoms with Crippen LogP contribution in [0.25, 0.3) is 11.0 Å². The number of hydrogen-bond donors (Lipinski definition) is 1. The molecule has 0 saturated heterocycles. The van der Waals surface area contributed by atoms with Gasteiger partial charge in [0.2, 0.25) is 0 Å². The van der Waals surface area contributed by atoms with Gasteiger partial charge in [-0.25, -0.2) is 4.39 Å². The summed E-state index contributed by atoms with van der Waals surface area (Å²) in [4.78, 5) is 0. The van der Waals surface area contributed by atoms with Crippen LogP contribution >= 0.6 is 0 Å². The highest BCUT2D eigenvalue weighted by Gasteiger charge is 2.32. The Morgan fingerprint density at radius 3 is 2.81 bits per heavy atom. The van der Waals surface area contributed by atoms with Crippen molar-refractivity contribution in [1.29, 1.82) is 0 Å². The molecule has 1 heterocycles. The summed E-state index contributed by atoms with van der Waals surface area (Å²) in [6, 6.07) is 7.15. The second-order valence-electron chi connectivity index (χ2n) is 7.24. The van der Waals surface area contributed by atoms with E-state index in [0.29, 0.717) is 17.4 Å². The number of fused-ring (bicyclic) bond motifs is 1. The van der Waals surface area contributed by atoms with Crippen LogP contribution in [0.1, 0.15) is 51.7 Å². The highest BCUT2D eigenvalue weighted by molar-refractivity contribution is 5.78. The molecule has 1 fully saturated rings. The average molecular weight is 289 g/mol. The predicted molar refractivity (Wildman–Crippen MR) is 84.0 cm³/mol. The summed E-state index contributed by atoms with van der Waals surface area (Å²) in [7, 11) is 0. The van der Waals surface area contributed by atoms with Crippen LogP contribution in [-0.2, 0) is 0 Å². The fraction of sp³-hybridized carbons (Fsp3) is 0.556. The van der Waals surface area contributed by atoms with Gasteiger partial charge in [-0.05, 0) is 58.2 Å². The molecule has 2 aromatic rings. The van der Waals surface area contributed by atoms with E-state index in [2.05, 4.69) is 26.1 Å². The standard InChI is InChI=1S/C18H24FNO/c1-18(2,3)20-11-13-7-4-8-14(13)16-10-12-6-5-9-15(19)17(12)21-16/h5-6,9-10,13-14,20H,4,7-8,11H2,1-3H3. The summed E-state index contributed by atoms with van der Waals surface area (Å²) in [5, 5.41) is 4.47. The first-order chi connectivity index (χ1) is 9.94. The van der Waals surface area contributed by atoms with Crippen LogP contribution in [0.3, 0.4) is 0 Å². The molecule has 0 radical (unpaired) electrons. The maximum absolute atomic E-state index is 13.8. The maximum Gasteiger partial charge on any atom is 0.169 e. The lowest BCUT2D eigenvalue weighted by Gasteiger charge is -2.25. The summed E-state index contributed by atoms with van der Waals surface area (Å²) < 4.78 is 19.6. The number of rotatable bonds is 3. The molecule has 2 atom stereocenters. The van der Waals surface area contributed by atoms with Crippen LogP contribution < -0.4 is 5.32 Å². The molecule has 21 heavy (non-hydrogen) atoms. The van der Waals surface area contributed by atoms with Gasteiger partial charge in [-0.3, -0.25) is 0 Å². The Hall–Kier alpha value is -1.35. The Morgan fingerprint density at radius 1 is 1.29 bits per heavy atom.